The Morgan fingerprint density at radius 2 is 1.82 bits per heavy atom. The van der Waals surface area contributed by atoms with Crippen LogP contribution in [0.3, 0.4) is 0 Å². The molecule has 1 unspecified atom stereocenters. The fourth-order valence-corrected chi connectivity index (χ4v) is 6.43. The predicted octanol–water partition coefficient (Wildman–Crippen LogP) is 4.50. The molecule has 7 rings (SSSR count). The van der Waals surface area contributed by atoms with Gasteiger partial charge in [-0.25, -0.2) is 33.1 Å². The summed E-state index contributed by atoms with van der Waals surface area (Å²) in [5.74, 6) is 0.0209. The molecule has 39 heavy (non-hydrogen) atoms. The van der Waals surface area contributed by atoms with E-state index in [1.165, 1.54) is 19.2 Å². The molecule has 2 saturated heterocycles. The lowest BCUT2D eigenvalue weighted by atomic mass is 9.73. The molecule has 1 N–H and O–H groups in total. The Morgan fingerprint density at radius 1 is 1.00 bits per heavy atom. The van der Waals surface area contributed by atoms with Crippen LogP contribution in [0.4, 0.5) is 24.9 Å². The predicted molar refractivity (Wildman–Crippen MR) is 141 cm³/mol. The minimum Gasteiger partial charge on any atom is -0.322 e. The highest BCUT2D eigenvalue weighted by Crippen LogP contribution is 2.40. The lowest BCUT2D eigenvalue weighted by Gasteiger charge is -2.60. The van der Waals surface area contributed by atoms with Crippen molar-refractivity contribution in [3.8, 4) is 11.3 Å². The van der Waals surface area contributed by atoms with Gasteiger partial charge in [-0.1, -0.05) is 13.0 Å². The van der Waals surface area contributed by atoms with Crippen LogP contribution in [0.25, 0.3) is 22.3 Å². The molecule has 3 aliphatic rings. The third-order valence-electron chi connectivity index (χ3n) is 8.24. The van der Waals surface area contributed by atoms with Crippen LogP contribution in [0, 0.1) is 17.0 Å². The smallest absolute Gasteiger partial charge is 0.229 e. The van der Waals surface area contributed by atoms with E-state index >= 15 is 0 Å². The van der Waals surface area contributed by atoms with E-state index in [4.69, 9.17) is 0 Å². The molecular weight excluding hydrogens is 505 g/mol. The van der Waals surface area contributed by atoms with Gasteiger partial charge in [-0.3, -0.25) is 4.90 Å². The number of fused-ring (bicyclic) bond motifs is 3. The summed E-state index contributed by atoms with van der Waals surface area (Å²) in [5, 5.41) is 3.02. The monoisotopic (exact) mass is 534 g/mol. The Labute approximate surface area is 223 Å². The topological polar surface area (TPSA) is 75.0 Å². The summed E-state index contributed by atoms with van der Waals surface area (Å²) in [7, 11) is 0. The number of anilines is 2. The molecule has 3 aromatic heterocycles. The Bertz CT molecular complexity index is 1540. The van der Waals surface area contributed by atoms with E-state index in [9.17, 15) is 13.2 Å². The van der Waals surface area contributed by atoms with Gasteiger partial charge in [0.2, 0.25) is 5.95 Å². The van der Waals surface area contributed by atoms with E-state index in [0.717, 1.165) is 37.9 Å². The average molecular weight is 535 g/mol. The summed E-state index contributed by atoms with van der Waals surface area (Å²) in [6.45, 7) is 8.26. The summed E-state index contributed by atoms with van der Waals surface area (Å²) in [5.41, 5.74) is 2.39. The van der Waals surface area contributed by atoms with E-state index in [2.05, 4.69) is 42.0 Å². The molecule has 1 aromatic carbocycles. The van der Waals surface area contributed by atoms with Crippen molar-refractivity contribution in [3.63, 3.8) is 0 Å². The van der Waals surface area contributed by atoms with Gasteiger partial charge in [0.1, 0.15) is 29.5 Å². The molecule has 0 saturated carbocycles. The van der Waals surface area contributed by atoms with Crippen molar-refractivity contribution >= 4 is 22.8 Å². The molecule has 0 aliphatic carbocycles. The third-order valence-corrected chi connectivity index (χ3v) is 8.24. The van der Waals surface area contributed by atoms with E-state index < -0.39 is 24.4 Å². The largest absolute Gasteiger partial charge is 0.322 e. The first-order valence-corrected chi connectivity index (χ1v) is 13.4. The van der Waals surface area contributed by atoms with Crippen molar-refractivity contribution in [2.24, 2.45) is 5.41 Å². The highest BCUT2D eigenvalue weighted by molar-refractivity contribution is 5.83. The Balaban J connectivity index is 1.07. The molecular formula is C28H29F3N8. The number of benzene rings is 1. The van der Waals surface area contributed by atoms with E-state index in [-0.39, 0.29) is 22.7 Å². The van der Waals surface area contributed by atoms with Crippen LogP contribution < -0.4 is 5.32 Å². The van der Waals surface area contributed by atoms with Crippen molar-refractivity contribution in [1.29, 1.82) is 0 Å². The number of nitrogens with zero attached hydrogens (tertiary/aromatic N) is 7. The first-order valence-electron chi connectivity index (χ1n) is 13.4. The minimum atomic E-state index is -0.688. The maximum absolute atomic E-state index is 15.0. The van der Waals surface area contributed by atoms with Crippen LogP contribution in [0.1, 0.15) is 30.8 Å². The van der Waals surface area contributed by atoms with Crippen LogP contribution in [0.5, 0.6) is 0 Å². The van der Waals surface area contributed by atoms with Gasteiger partial charge in [0.25, 0.3) is 0 Å². The van der Waals surface area contributed by atoms with Crippen LogP contribution in [-0.4, -0.2) is 73.7 Å². The normalized spacial score (nSPS) is 20.3. The second kappa shape index (κ2) is 9.27. The number of hydrogen-bond donors (Lipinski definition) is 1. The van der Waals surface area contributed by atoms with Crippen molar-refractivity contribution in [2.45, 2.75) is 32.4 Å². The van der Waals surface area contributed by atoms with Crippen molar-refractivity contribution in [3.05, 3.63) is 59.7 Å². The second-order valence-corrected chi connectivity index (χ2v) is 11.1. The second-order valence-electron chi connectivity index (χ2n) is 11.1. The summed E-state index contributed by atoms with van der Waals surface area (Å²) in [4.78, 5) is 22.1. The summed E-state index contributed by atoms with van der Waals surface area (Å²) >= 11 is 0. The fourth-order valence-electron chi connectivity index (χ4n) is 6.43. The van der Waals surface area contributed by atoms with E-state index in [1.54, 1.807) is 10.6 Å². The molecule has 4 aromatic rings. The standard InChI is InChI=1S/C28H29F3N8/c1-2-37-13-28(14-37)15-38(16-28)12-17-3-5-23(32-10-17)34-27-33-11-21(31)25(36-27)18-7-20(30)26-22(8-18)39-19(9-29)4-6-24(39)35-26/h3,5,7-8,10-11,19H,2,4,6,9,12-16H2,1H3,(H,32,33,34,36). The Hall–Kier alpha value is -3.57. The van der Waals surface area contributed by atoms with Crippen LogP contribution in [-0.2, 0) is 13.0 Å². The molecule has 1 atom stereocenters. The lowest BCUT2D eigenvalue weighted by molar-refractivity contribution is -0.116. The van der Waals surface area contributed by atoms with Crippen molar-refractivity contribution in [2.75, 3.05) is 44.7 Å². The molecule has 0 bridgehead atoms. The van der Waals surface area contributed by atoms with Gasteiger partial charge >= 0.3 is 0 Å². The van der Waals surface area contributed by atoms with Gasteiger partial charge < -0.3 is 14.8 Å². The number of halogens is 3. The van der Waals surface area contributed by atoms with E-state index in [0.29, 0.717) is 35.4 Å². The molecule has 8 nitrogen and oxygen atoms in total. The number of likely N-dealkylation sites (tertiary alicyclic amines) is 2. The molecule has 3 aliphatic heterocycles. The third kappa shape index (κ3) is 4.24. The minimum absolute atomic E-state index is 0.0559. The fraction of sp³-hybridized carbons (Fsp3) is 0.429. The first-order chi connectivity index (χ1) is 18.9. The number of rotatable bonds is 7. The molecule has 2 fully saturated rings. The molecule has 6 heterocycles. The Morgan fingerprint density at radius 3 is 2.56 bits per heavy atom. The average Bonchev–Trinajstić information content (AvgIpc) is 3.47. The number of aromatic nitrogens is 5. The number of pyridine rings is 1. The number of hydrogen-bond acceptors (Lipinski definition) is 7. The highest BCUT2D eigenvalue weighted by atomic mass is 19.1. The Kier molecular flexibility index (Phi) is 5.82. The van der Waals surface area contributed by atoms with Gasteiger partial charge in [-0.15, -0.1) is 0 Å². The quantitative estimate of drug-likeness (QED) is 0.374. The first kappa shape index (κ1) is 24.5. The van der Waals surface area contributed by atoms with Gasteiger partial charge in [-0.2, -0.15) is 0 Å². The van der Waals surface area contributed by atoms with Crippen LogP contribution in [0.2, 0.25) is 0 Å². The van der Waals surface area contributed by atoms with Crippen LogP contribution in [0.15, 0.2) is 36.7 Å². The summed E-state index contributed by atoms with van der Waals surface area (Å²) < 4.78 is 45.1. The number of alkyl halides is 1. The van der Waals surface area contributed by atoms with Gasteiger partial charge in [-0.05, 0) is 36.7 Å². The summed E-state index contributed by atoms with van der Waals surface area (Å²) in [6.07, 6.45) is 4.06. The zero-order valence-electron chi connectivity index (χ0n) is 21.7. The van der Waals surface area contributed by atoms with E-state index in [1.807, 2.05) is 18.3 Å². The molecule has 202 valence electrons. The van der Waals surface area contributed by atoms with Crippen molar-refractivity contribution < 1.29 is 13.2 Å². The zero-order valence-corrected chi connectivity index (χ0v) is 21.7. The molecule has 0 amide bonds. The van der Waals surface area contributed by atoms with Gasteiger partial charge in [0, 0.05) is 56.3 Å². The maximum atomic E-state index is 15.0. The van der Waals surface area contributed by atoms with Crippen LogP contribution >= 0.6 is 0 Å². The SMILES string of the molecule is CCN1CC2(C1)CN(Cc1ccc(Nc3ncc(F)c(-c4cc(F)c5nc6n(c5c4)C(CF)CC6)n3)nc1)C2. The van der Waals surface area contributed by atoms with Gasteiger partial charge in [0.05, 0.1) is 17.8 Å². The lowest BCUT2D eigenvalue weighted by Crippen LogP contribution is -2.71. The zero-order chi connectivity index (χ0) is 26.7. The number of nitrogens with one attached hydrogen (secondary N) is 1. The molecule has 0 radical (unpaired) electrons. The van der Waals surface area contributed by atoms with Crippen molar-refractivity contribution in [1.82, 2.24) is 34.3 Å². The highest BCUT2D eigenvalue weighted by Gasteiger charge is 2.50. The number of imidazole rings is 1. The molecule has 1 spiro atoms. The summed E-state index contributed by atoms with van der Waals surface area (Å²) in [6, 6.07) is 6.29. The van der Waals surface area contributed by atoms with Gasteiger partial charge in [0.15, 0.2) is 11.6 Å². The number of aryl methyl sites for hydroxylation is 1. The maximum Gasteiger partial charge on any atom is 0.229 e. The molecule has 11 heteroatoms.